The molecule has 2 aromatic heterocycles. The molecule has 1 aliphatic heterocycles. The van der Waals surface area contributed by atoms with Gasteiger partial charge in [-0.1, -0.05) is 220 Å². The Labute approximate surface area is 520 Å². The van der Waals surface area contributed by atoms with Gasteiger partial charge in [0, 0.05) is 89.7 Å². The van der Waals surface area contributed by atoms with E-state index in [1.54, 1.807) is 95.5 Å². The van der Waals surface area contributed by atoms with Gasteiger partial charge in [-0.15, -0.1) is 48.1 Å². The molecule has 6 nitrogen and oxygen atoms in total. The second kappa shape index (κ2) is 22.3. The molecule has 0 saturated heterocycles. The first kappa shape index (κ1) is 38.1. The van der Waals surface area contributed by atoms with Crippen molar-refractivity contribution in [1.29, 1.82) is 0 Å². The Kier molecular flexibility index (Phi) is 10.2. The van der Waals surface area contributed by atoms with Gasteiger partial charge in [0.25, 0.3) is 0 Å². The van der Waals surface area contributed by atoms with E-state index < -0.39 is 78.6 Å². The molecule has 404 valence electrons. The molecule has 13 aromatic rings. The molecule has 7 heteroatoms. The molecule has 0 spiro atoms. The van der Waals surface area contributed by atoms with Crippen LogP contribution in [0.15, 0.2) is 273 Å². The number of para-hydroxylation sites is 3. The van der Waals surface area contributed by atoms with Crippen LogP contribution in [0.3, 0.4) is 0 Å². The molecule has 14 rings (SSSR count). The van der Waals surface area contributed by atoms with Crippen molar-refractivity contribution < 1.29 is 51.1 Å². The monoisotopic (exact) mass is 1270 g/mol. The Morgan fingerprint density at radius 1 is 0.470 bits per heavy atom. The molecular weight excluding hydrogens is 1200 g/mol. The Bertz CT molecular complexity index is 5180. The summed E-state index contributed by atoms with van der Waals surface area (Å²) in [5.74, 6) is 2.03. The summed E-state index contributed by atoms with van der Waals surface area (Å²) in [6.07, 6.45) is 1.66. The van der Waals surface area contributed by atoms with Crippen molar-refractivity contribution in [2.24, 2.45) is 0 Å². The van der Waals surface area contributed by atoms with Crippen LogP contribution < -0.4 is 19.3 Å². The number of anilines is 4. The predicted octanol–water partition coefficient (Wildman–Crippen LogP) is 20.4. The molecule has 83 heavy (non-hydrogen) atoms. The molecule has 0 N–H and O–H groups in total. The standard InChI is InChI=1S/C76H55N4O2.Pt/c1-76(2,3)58-46-66(55-29-15-7-16-30-55)75(67(47-58)56-31-17-8-18-32-56)82-62-43-44-77-73(50-62)80-69-42-39-57(52-23-9-4-10-24-52)45-68(69)65-41-40-61(49-72(65)80)81-60-34-21-33-59(48-60)78-51-79(71-38-20-19-37-70(71)78)74-63(53-25-11-5-12-26-53)35-22-36-64(74)54-27-13-6-14-28-54;/h4-47,50-51H,1-3H3;/q-3;/i4D,5D,6D,9D,10D,11D,12D,13D,14D,23D,24D,25D,26D,27D,28D;. The third-order valence-corrected chi connectivity index (χ3v) is 14.4. The third kappa shape index (κ3) is 10.2. The van der Waals surface area contributed by atoms with Gasteiger partial charge in [0.05, 0.1) is 20.6 Å². The molecule has 11 aromatic carbocycles. The zero-order valence-corrected chi connectivity index (χ0v) is 47.1. The summed E-state index contributed by atoms with van der Waals surface area (Å²) < 4.78 is 147. The zero-order chi connectivity index (χ0) is 68.2. The zero-order valence-electron chi connectivity index (χ0n) is 59.8. The first-order valence-corrected chi connectivity index (χ1v) is 26.5. The first-order chi connectivity index (χ1) is 46.5. The van der Waals surface area contributed by atoms with Gasteiger partial charge in [-0.25, -0.2) is 4.98 Å². The van der Waals surface area contributed by atoms with E-state index in [2.05, 4.69) is 69.3 Å². The van der Waals surface area contributed by atoms with E-state index in [1.807, 2.05) is 71.3 Å². The Hall–Kier alpha value is -9.74. The van der Waals surface area contributed by atoms with Crippen LogP contribution in [0.4, 0.5) is 22.7 Å². The molecule has 0 atom stereocenters. The number of hydrogen-bond donors (Lipinski definition) is 0. The number of rotatable bonds is 12. The first-order valence-electron chi connectivity index (χ1n) is 34.0. The molecule has 3 heterocycles. The van der Waals surface area contributed by atoms with Crippen molar-refractivity contribution in [2.75, 3.05) is 9.80 Å². The molecule has 1 aliphatic rings. The van der Waals surface area contributed by atoms with Crippen molar-refractivity contribution in [2.45, 2.75) is 26.2 Å². The van der Waals surface area contributed by atoms with Crippen LogP contribution in [0.1, 0.15) is 46.9 Å². The van der Waals surface area contributed by atoms with E-state index >= 15 is 0 Å². The minimum atomic E-state index is -0.602. The third-order valence-electron chi connectivity index (χ3n) is 14.4. The van der Waals surface area contributed by atoms with E-state index in [0.29, 0.717) is 61.7 Å². The van der Waals surface area contributed by atoms with Gasteiger partial charge in [0.2, 0.25) is 0 Å². The van der Waals surface area contributed by atoms with Gasteiger partial charge in [0.15, 0.2) is 0 Å². The van der Waals surface area contributed by atoms with E-state index in [0.717, 1.165) is 27.8 Å². The molecule has 0 unspecified atom stereocenters. The number of nitrogens with zero attached hydrogens (tertiary/aromatic N) is 4. The van der Waals surface area contributed by atoms with E-state index in [1.165, 1.54) is 0 Å². The smallest absolute Gasteiger partial charge is 0.143 e. The number of aromatic nitrogens is 2. The number of ether oxygens (including phenoxy) is 2. The largest absolute Gasteiger partial charge is 0.509 e. The van der Waals surface area contributed by atoms with Crippen molar-refractivity contribution in [3.8, 4) is 84.5 Å². The molecule has 0 aliphatic carbocycles. The average Bonchev–Trinajstić information content (AvgIpc) is 1.47. The number of hydrogen-bond acceptors (Lipinski definition) is 5. The van der Waals surface area contributed by atoms with Crippen LogP contribution in [0.5, 0.6) is 23.0 Å². The fourth-order valence-corrected chi connectivity index (χ4v) is 10.5. The van der Waals surface area contributed by atoms with Crippen LogP contribution in [0.25, 0.3) is 83.3 Å². The Morgan fingerprint density at radius 3 is 1.67 bits per heavy atom. The second-order valence-electron chi connectivity index (χ2n) is 20.5. The quantitative estimate of drug-likeness (QED) is 0.114. The minimum absolute atomic E-state index is 0. The number of pyridine rings is 1. The average molecular weight is 1270 g/mol. The van der Waals surface area contributed by atoms with E-state index in [-0.39, 0.29) is 83.6 Å². The molecule has 0 saturated carbocycles. The molecular formula is C76H55N4O2Pt-3. The molecule has 0 amide bonds. The summed E-state index contributed by atoms with van der Waals surface area (Å²) in [6, 6.07) is 53.6. The van der Waals surface area contributed by atoms with Gasteiger partial charge < -0.3 is 23.8 Å². The maximum absolute atomic E-state index is 9.13. The minimum Gasteiger partial charge on any atom is -0.509 e. The van der Waals surface area contributed by atoms with Gasteiger partial charge in [-0.2, -0.15) is 12.1 Å². The second-order valence-corrected chi connectivity index (χ2v) is 20.5. The van der Waals surface area contributed by atoms with Gasteiger partial charge in [-0.3, -0.25) is 0 Å². The maximum atomic E-state index is 9.13. The Morgan fingerprint density at radius 2 is 1.05 bits per heavy atom. The van der Waals surface area contributed by atoms with Crippen molar-refractivity contribution in [1.82, 2.24) is 9.55 Å². The topological polar surface area (TPSA) is 42.8 Å². The SMILES string of the molecule is [2H]c1c([2H])c([2H])c(-c2ccc3c(c2)c2ccc(Oc4[c-]c(N5[CH-]N(c6c(-c7c([2H])c([2H])c([2H])c([2H])c7[2H])cccc6-c6c([2H])c([2H])c([2H])c([2H])c6[2H])c6ccccc65)ccc4)[c-]c2n3-c2cc(Oc3c(-c4ccccc4)cc(C(C)(C)C)cc3-c3ccccc3)ccn2)c([2H])c1[2H].[Pt]. The van der Waals surface area contributed by atoms with Gasteiger partial charge >= 0.3 is 0 Å². The maximum Gasteiger partial charge on any atom is 0.143 e. The van der Waals surface area contributed by atoms with Gasteiger partial charge in [-0.05, 0) is 86.1 Å². The van der Waals surface area contributed by atoms with E-state index in [4.69, 9.17) is 35.0 Å². The molecule has 0 radical (unpaired) electrons. The van der Waals surface area contributed by atoms with Crippen LogP contribution >= 0.6 is 0 Å². The van der Waals surface area contributed by atoms with E-state index in [9.17, 15) is 0 Å². The fraction of sp³-hybridized carbons (Fsp3) is 0.0526. The van der Waals surface area contributed by atoms with Crippen molar-refractivity contribution >= 4 is 44.6 Å². The summed E-state index contributed by atoms with van der Waals surface area (Å²) in [5, 5.41) is 1.31. The summed E-state index contributed by atoms with van der Waals surface area (Å²) in [7, 11) is 0. The van der Waals surface area contributed by atoms with Crippen LogP contribution in [-0.4, -0.2) is 9.55 Å². The predicted molar refractivity (Wildman–Crippen MR) is 337 cm³/mol. The Balaban J connectivity index is 0.00000864. The van der Waals surface area contributed by atoms with Crippen LogP contribution in [-0.2, 0) is 26.5 Å². The van der Waals surface area contributed by atoms with Gasteiger partial charge in [0.1, 0.15) is 17.3 Å². The van der Waals surface area contributed by atoms with Crippen molar-refractivity contribution in [3.63, 3.8) is 0 Å². The summed E-state index contributed by atoms with van der Waals surface area (Å²) in [4.78, 5) is 8.46. The normalized spacial score (nSPS) is 14.6. The summed E-state index contributed by atoms with van der Waals surface area (Å²) in [5.41, 5.74) is 7.80. The van der Waals surface area contributed by atoms with Crippen molar-refractivity contribution in [3.05, 3.63) is 297 Å². The molecule has 0 bridgehead atoms. The number of benzene rings is 11. The van der Waals surface area contributed by atoms with Crippen LogP contribution in [0.2, 0.25) is 0 Å². The van der Waals surface area contributed by atoms with Crippen LogP contribution in [0, 0.1) is 18.8 Å². The molecule has 0 fully saturated rings. The number of fused-ring (bicyclic) bond motifs is 4. The summed E-state index contributed by atoms with van der Waals surface area (Å²) in [6.45, 7) is 8.24. The fourth-order valence-electron chi connectivity index (χ4n) is 10.5. The summed E-state index contributed by atoms with van der Waals surface area (Å²) >= 11 is 0.